The van der Waals surface area contributed by atoms with Gasteiger partial charge in [0, 0.05) is 44.7 Å². The Labute approximate surface area is 159 Å². The van der Waals surface area contributed by atoms with Crippen molar-refractivity contribution >= 4 is 23.0 Å². The van der Waals surface area contributed by atoms with Crippen LogP contribution in [0.4, 0.5) is 10.1 Å². The molecule has 0 aliphatic rings. The number of benzene rings is 1. The van der Waals surface area contributed by atoms with E-state index in [9.17, 15) is 4.39 Å². The summed E-state index contributed by atoms with van der Waals surface area (Å²) in [5.74, 6) is 0.507. The molecule has 0 unspecified atom stereocenters. The average Bonchev–Trinajstić information content (AvgIpc) is 3.07. The molecule has 0 saturated carbocycles. The third kappa shape index (κ3) is 5.98. The van der Waals surface area contributed by atoms with Crippen LogP contribution in [0.25, 0.3) is 0 Å². The second kappa shape index (κ2) is 10.1. The predicted octanol–water partition coefficient (Wildman–Crippen LogP) is 3.21. The largest absolute Gasteiger partial charge is 0.375 e. The maximum Gasteiger partial charge on any atom is 0.191 e. The van der Waals surface area contributed by atoms with Crippen LogP contribution in [0.15, 0.2) is 29.4 Å². The minimum absolute atomic E-state index is 0.226. The predicted molar refractivity (Wildman–Crippen MR) is 109 cm³/mol. The first-order valence-corrected chi connectivity index (χ1v) is 9.76. The zero-order valence-electron chi connectivity index (χ0n) is 16.0. The number of halogens is 1. The first-order chi connectivity index (χ1) is 12.5. The van der Waals surface area contributed by atoms with Crippen molar-refractivity contribution in [3.63, 3.8) is 0 Å². The molecule has 7 heteroatoms. The van der Waals surface area contributed by atoms with Crippen LogP contribution >= 0.6 is 11.3 Å². The summed E-state index contributed by atoms with van der Waals surface area (Å²) >= 11 is 1.76. The number of nitrogens with one attached hydrogen (secondary N) is 2. The van der Waals surface area contributed by atoms with Gasteiger partial charge in [-0.05, 0) is 31.0 Å². The fourth-order valence-electron chi connectivity index (χ4n) is 2.44. The maximum atomic E-state index is 14.1. The lowest BCUT2D eigenvalue weighted by molar-refractivity contribution is 0.624. The van der Waals surface area contributed by atoms with Crippen molar-refractivity contribution < 1.29 is 4.39 Å². The topological polar surface area (TPSA) is 52.6 Å². The van der Waals surface area contributed by atoms with E-state index in [1.165, 1.54) is 4.88 Å². The van der Waals surface area contributed by atoms with Crippen molar-refractivity contribution in [2.75, 3.05) is 32.1 Å². The van der Waals surface area contributed by atoms with Gasteiger partial charge in [0.25, 0.3) is 0 Å². The Kier molecular flexibility index (Phi) is 7.84. The minimum Gasteiger partial charge on any atom is -0.375 e. The van der Waals surface area contributed by atoms with E-state index in [2.05, 4.69) is 27.5 Å². The molecule has 2 N–H and O–H groups in total. The highest BCUT2D eigenvalue weighted by atomic mass is 32.1. The summed E-state index contributed by atoms with van der Waals surface area (Å²) in [6.07, 6.45) is 3.84. The molecular formula is C19H28FN5S. The molecule has 2 aromatic rings. The summed E-state index contributed by atoms with van der Waals surface area (Å²) in [5, 5.41) is 7.67. The van der Waals surface area contributed by atoms with Gasteiger partial charge in [0.1, 0.15) is 5.82 Å². The lowest BCUT2D eigenvalue weighted by atomic mass is 10.2. The summed E-state index contributed by atoms with van der Waals surface area (Å²) in [6, 6.07) is 5.24. The summed E-state index contributed by atoms with van der Waals surface area (Å²) in [7, 11) is 3.66. The fourth-order valence-corrected chi connectivity index (χ4v) is 3.30. The number of nitrogens with zero attached hydrogens (tertiary/aromatic N) is 3. The van der Waals surface area contributed by atoms with Crippen molar-refractivity contribution in [2.45, 2.75) is 33.2 Å². The summed E-state index contributed by atoms with van der Waals surface area (Å²) < 4.78 is 14.1. The van der Waals surface area contributed by atoms with Gasteiger partial charge in [-0.2, -0.15) is 0 Å². The minimum atomic E-state index is -0.226. The number of hydrogen-bond donors (Lipinski definition) is 2. The molecule has 1 aromatic carbocycles. The van der Waals surface area contributed by atoms with Crippen LogP contribution in [-0.2, 0) is 19.4 Å². The molecule has 0 atom stereocenters. The smallest absolute Gasteiger partial charge is 0.191 e. The number of thiazole rings is 1. The Balaban J connectivity index is 1.92. The summed E-state index contributed by atoms with van der Waals surface area (Å²) in [5.41, 5.74) is 1.43. The second-order valence-electron chi connectivity index (χ2n) is 6.13. The molecule has 1 heterocycles. The van der Waals surface area contributed by atoms with E-state index >= 15 is 0 Å². The molecule has 2 rings (SSSR count). The van der Waals surface area contributed by atoms with Crippen LogP contribution in [0.1, 0.15) is 29.3 Å². The number of aryl methyl sites for hydroxylation is 1. The van der Waals surface area contributed by atoms with Crippen LogP contribution in [0.5, 0.6) is 0 Å². The maximum absolute atomic E-state index is 14.1. The number of hydrogen-bond acceptors (Lipinski definition) is 4. The van der Waals surface area contributed by atoms with E-state index < -0.39 is 0 Å². The van der Waals surface area contributed by atoms with Gasteiger partial charge in [-0.1, -0.05) is 13.0 Å². The number of aliphatic imine (C=N–C) groups is 1. The molecular weight excluding hydrogens is 349 g/mol. The molecule has 0 fully saturated rings. The molecule has 0 spiro atoms. The van der Waals surface area contributed by atoms with Gasteiger partial charge in [0.15, 0.2) is 5.96 Å². The SMILES string of the molecule is CCNC(=NCc1ccc(N(C)C)c(F)c1)NCCc1ncc(CC)s1. The van der Waals surface area contributed by atoms with E-state index in [-0.39, 0.29) is 5.82 Å². The second-order valence-corrected chi connectivity index (χ2v) is 7.33. The monoisotopic (exact) mass is 377 g/mol. The Bertz CT molecular complexity index is 726. The lowest BCUT2D eigenvalue weighted by Crippen LogP contribution is -2.38. The summed E-state index contributed by atoms with van der Waals surface area (Å²) in [4.78, 5) is 12.0. The molecule has 0 saturated heterocycles. The third-order valence-electron chi connectivity index (χ3n) is 3.84. The first-order valence-electron chi connectivity index (χ1n) is 8.95. The highest BCUT2D eigenvalue weighted by Gasteiger charge is 2.06. The van der Waals surface area contributed by atoms with Crippen LogP contribution in [0.3, 0.4) is 0 Å². The Morgan fingerprint density at radius 1 is 1.27 bits per heavy atom. The highest BCUT2D eigenvalue weighted by molar-refractivity contribution is 7.11. The quantitative estimate of drug-likeness (QED) is 0.548. The highest BCUT2D eigenvalue weighted by Crippen LogP contribution is 2.18. The van der Waals surface area contributed by atoms with Crippen molar-refractivity contribution in [2.24, 2.45) is 4.99 Å². The molecule has 0 aliphatic heterocycles. The van der Waals surface area contributed by atoms with Crippen LogP contribution in [0.2, 0.25) is 0 Å². The molecule has 0 radical (unpaired) electrons. The molecule has 26 heavy (non-hydrogen) atoms. The normalized spacial score (nSPS) is 11.5. The van der Waals surface area contributed by atoms with Gasteiger partial charge < -0.3 is 15.5 Å². The van der Waals surface area contributed by atoms with Crippen molar-refractivity contribution in [3.8, 4) is 0 Å². The van der Waals surface area contributed by atoms with Gasteiger partial charge in [0.2, 0.25) is 0 Å². The third-order valence-corrected chi connectivity index (χ3v) is 5.04. The van der Waals surface area contributed by atoms with Crippen molar-refractivity contribution in [3.05, 3.63) is 45.7 Å². The van der Waals surface area contributed by atoms with Crippen LogP contribution in [0, 0.1) is 5.82 Å². The zero-order chi connectivity index (χ0) is 18.9. The number of rotatable bonds is 8. The van der Waals surface area contributed by atoms with Gasteiger partial charge in [-0.3, -0.25) is 0 Å². The van der Waals surface area contributed by atoms with Gasteiger partial charge in [-0.15, -0.1) is 11.3 Å². The Morgan fingerprint density at radius 3 is 2.69 bits per heavy atom. The Morgan fingerprint density at radius 2 is 2.08 bits per heavy atom. The molecule has 0 bridgehead atoms. The Hall–Kier alpha value is -2.15. The number of aromatic nitrogens is 1. The van der Waals surface area contributed by atoms with E-state index in [1.54, 1.807) is 28.4 Å². The van der Waals surface area contributed by atoms with Crippen molar-refractivity contribution in [1.29, 1.82) is 0 Å². The van der Waals surface area contributed by atoms with Crippen LogP contribution in [-0.4, -0.2) is 38.1 Å². The molecule has 1 aromatic heterocycles. The molecule has 0 amide bonds. The fraction of sp³-hybridized carbons (Fsp3) is 0.474. The molecule has 5 nitrogen and oxygen atoms in total. The van der Waals surface area contributed by atoms with E-state index in [0.29, 0.717) is 12.2 Å². The number of anilines is 1. The van der Waals surface area contributed by atoms with E-state index in [0.717, 1.165) is 42.5 Å². The van der Waals surface area contributed by atoms with E-state index in [4.69, 9.17) is 0 Å². The van der Waals surface area contributed by atoms with Gasteiger partial charge in [0.05, 0.1) is 17.2 Å². The zero-order valence-corrected chi connectivity index (χ0v) is 16.8. The number of guanidine groups is 1. The lowest BCUT2D eigenvalue weighted by Gasteiger charge is -2.14. The molecule has 0 aliphatic carbocycles. The molecule has 142 valence electrons. The van der Waals surface area contributed by atoms with E-state index in [1.807, 2.05) is 33.3 Å². The van der Waals surface area contributed by atoms with Gasteiger partial charge in [-0.25, -0.2) is 14.4 Å². The van der Waals surface area contributed by atoms with Gasteiger partial charge >= 0.3 is 0 Å². The summed E-state index contributed by atoms with van der Waals surface area (Å²) in [6.45, 7) is 6.13. The average molecular weight is 378 g/mol. The van der Waals surface area contributed by atoms with Crippen LogP contribution < -0.4 is 15.5 Å². The standard InChI is InChI=1S/C19H28FN5S/c1-5-15-13-23-18(26-15)9-10-22-19(21-6-2)24-12-14-7-8-17(25(3)4)16(20)11-14/h7-8,11,13H,5-6,9-10,12H2,1-4H3,(H2,21,22,24). The van der Waals surface area contributed by atoms with Crippen molar-refractivity contribution in [1.82, 2.24) is 15.6 Å². The first kappa shape index (κ1) is 20.2.